The Labute approximate surface area is 110 Å². The van der Waals surface area contributed by atoms with Crippen molar-refractivity contribution in [3.8, 4) is 0 Å². The molecule has 0 heterocycles. The Balaban J connectivity index is 3.18. The monoisotopic (exact) mass is 273 g/mol. The van der Waals surface area contributed by atoms with Gasteiger partial charge in [0.15, 0.2) is 11.6 Å². The van der Waals surface area contributed by atoms with Gasteiger partial charge in [0.1, 0.15) is 0 Å². The van der Waals surface area contributed by atoms with Crippen LogP contribution < -0.4 is 4.90 Å². The number of nitrogens with zero attached hydrogens (tertiary/aromatic N) is 1. The fourth-order valence-electron chi connectivity index (χ4n) is 1.77. The number of hydrogen-bond donors (Lipinski definition) is 1. The maximum Gasteiger partial charge on any atom is 0.338 e. The summed E-state index contributed by atoms with van der Waals surface area (Å²) in [5, 5.41) is 8.73. The van der Waals surface area contributed by atoms with Gasteiger partial charge in [0.25, 0.3) is 0 Å². The lowest BCUT2D eigenvalue weighted by molar-refractivity contribution is 0.0690. The highest BCUT2D eigenvalue weighted by Gasteiger charge is 2.22. The first-order valence-corrected chi connectivity index (χ1v) is 5.87. The van der Waals surface area contributed by atoms with Crippen molar-refractivity contribution in [2.45, 2.75) is 19.9 Å². The van der Waals surface area contributed by atoms with Gasteiger partial charge in [-0.05, 0) is 26.0 Å². The van der Waals surface area contributed by atoms with Crippen molar-refractivity contribution >= 4 is 11.7 Å². The molecule has 1 N–H and O–H groups in total. The van der Waals surface area contributed by atoms with Crippen molar-refractivity contribution in [3.63, 3.8) is 0 Å². The minimum atomic E-state index is -1.49. The summed E-state index contributed by atoms with van der Waals surface area (Å²) in [5.74, 6) is -3.98. The third kappa shape index (κ3) is 3.41. The summed E-state index contributed by atoms with van der Waals surface area (Å²) >= 11 is 0. The molecule has 0 aromatic heterocycles. The minimum absolute atomic E-state index is 0.0366. The number of carbonyl (C=O) groups is 1. The maximum atomic E-state index is 13.9. The van der Waals surface area contributed by atoms with E-state index in [0.29, 0.717) is 13.2 Å². The Bertz CT molecular complexity index is 463. The van der Waals surface area contributed by atoms with Gasteiger partial charge in [0.2, 0.25) is 0 Å². The number of methoxy groups -OCH3 is 1. The molecule has 0 aliphatic carbocycles. The molecule has 0 aliphatic heterocycles. The van der Waals surface area contributed by atoms with E-state index < -0.39 is 23.2 Å². The highest BCUT2D eigenvalue weighted by molar-refractivity contribution is 5.88. The average molecular weight is 273 g/mol. The van der Waals surface area contributed by atoms with Crippen molar-refractivity contribution in [1.29, 1.82) is 0 Å². The molecule has 19 heavy (non-hydrogen) atoms. The maximum absolute atomic E-state index is 13.9. The zero-order chi connectivity index (χ0) is 14.6. The van der Waals surface area contributed by atoms with Crippen molar-refractivity contribution < 1.29 is 23.4 Å². The van der Waals surface area contributed by atoms with Gasteiger partial charge in [-0.1, -0.05) is 0 Å². The molecule has 6 heteroatoms. The van der Waals surface area contributed by atoms with Gasteiger partial charge in [0, 0.05) is 19.7 Å². The molecule has 0 saturated heterocycles. The van der Waals surface area contributed by atoms with Gasteiger partial charge in [-0.15, -0.1) is 0 Å². The van der Waals surface area contributed by atoms with Gasteiger partial charge in [-0.25, -0.2) is 13.6 Å². The summed E-state index contributed by atoms with van der Waals surface area (Å²) in [6, 6.07) is 2.27. The summed E-state index contributed by atoms with van der Waals surface area (Å²) in [6.45, 7) is 4.41. The first-order valence-electron chi connectivity index (χ1n) is 5.87. The topological polar surface area (TPSA) is 49.8 Å². The van der Waals surface area contributed by atoms with E-state index in [1.165, 1.54) is 13.2 Å². The molecule has 0 atom stereocenters. The predicted octanol–water partition coefficient (Wildman–Crippen LogP) is 2.52. The summed E-state index contributed by atoms with van der Waals surface area (Å²) in [7, 11) is 1.52. The molecule has 1 aromatic rings. The molecule has 106 valence electrons. The molecule has 0 spiro atoms. The van der Waals surface area contributed by atoms with Crippen molar-refractivity contribution in [1.82, 2.24) is 0 Å². The van der Waals surface area contributed by atoms with Crippen LogP contribution in [0.1, 0.15) is 24.2 Å². The van der Waals surface area contributed by atoms with E-state index in [0.717, 1.165) is 6.07 Å². The van der Waals surface area contributed by atoms with Crippen LogP contribution in [0.25, 0.3) is 0 Å². The zero-order valence-electron chi connectivity index (χ0n) is 11.1. The predicted molar refractivity (Wildman–Crippen MR) is 67.7 cm³/mol. The number of benzene rings is 1. The van der Waals surface area contributed by atoms with E-state index in [9.17, 15) is 13.6 Å². The molecule has 0 fully saturated rings. The van der Waals surface area contributed by atoms with Crippen LogP contribution in [0.15, 0.2) is 12.1 Å². The Morgan fingerprint density at radius 3 is 2.47 bits per heavy atom. The molecule has 0 unspecified atom stereocenters. The number of carboxylic acids is 1. The Morgan fingerprint density at radius 1 is 1.37 bits per heavy atom. The fraction of sp³-hybridized carbons (Fsp3) is 0.462. The summed E-state index contributed by atoms with van der Waals surface area (Å²) < 4.78 is 32.5. The van der Waals surface area contributed by atoms with Crippen LogP contribution in [0.5, 0.6) is 0 Å². The van der Waals surface area contributed by atoms with Crippen LogP contribution in [0, 0.1) is 11.6 Å². The standard InChI is InChI=1S/C13H17F2NO3/c1-8(2)16(6-7-19-3)10-5-4-9(13(17)18)11(14)12(10)15/h4-5,8H,6-7H2,1-3H3,(H,17,18). The minimum Gasteiger partial charge on any atom is -0.478 e. The molecule has 4 nitrogen and oxygen atoms in total. The normalized spacial score (nSPS) is 10.8. The number of ether oxygens (including phenoxy) is 1. The van der Waals surface area contributed by atoms with E-state index in [-0.39, 0.29) is 11.7 Å². The van der Waals surface area contributed by atoms with Gasteiger partial charge in [-0.3, -0.25) is 0 Å². The van der Waals surface area contributed by atoms with Gasteiger partial charge < -0.3 is 14.7 Å². The lowest BCUT2D eigenvalue weighted by atomic mass is 10.1. The van der Waals surface area contributed by atoms with E-state index in [1.54, 1.807) is 4.90 Å². The lowest BCUT2D eigenvalue weighted by Gasteiger charge is -2.29. The first kappa shape index (κ1) is 15.4. The average Bonchev–Trinajstić information content (AvgIpc) is 2.33. The molecule has 0 amide bonds. The number of carboxylic acid groups (broad SMARTS) is 1. The number of hydrogen-bond acceptors (Lipinski definition) is 3. The SMILES string of the molecule is COCCN(c1ccc(C(=O)O)c(F)c1F)C(C)C. The van der Waals surface area contributed by atoms with Crippen LogP contribution in [0.3, 0.4) is 0 Å². The van der Waals surface area contributed by atoms with Crippen LogP contribution in [-0.2, 0) is 4.74 Å². The molecule has 0 saturated carbocycles. The Kier molecular flexibility index (Phi) is 5.23. The molecule has 1 aromatic carbocycles. The second-order valence-electron chi connectivity index (χ2n) is 4.35. The van der Waals surface area contributed by atoms with E-state index in [2.05, 4.69) is 0 Å². The second-order valence-corrected chi connectivity index (χ2v) is 4.35. The molecule has 0 aliphatic rings. The van der Waals surface area contributed by atoms with Gasteiger partial charge in [0.05, 0.1) is 17.9 Å². The lowest BCUT2D eigenvalue weighted by Crippen LogP contribution is -2.34. The molecule has 1 rings (SSSR count). The Morgan fingerprint density at radius 2 is 2.00 bits per heavy atom. The Hall–Kier alpha value is -1.69. The fourth-order valence-corrected chi connectivity index (χ4v) is 1.77. The quantitative estimate of drug-likeness (QED) is 0.865. The summed E-state index contributed by atoms with van der Waals surface area (Å²) in [4.78, 5) is 12.3. The van der Waals surface area contributed by atoms with Crippen molar-refractivity contribution in [2.75, 3.05) is 25.2 Å². The van der Waals surface area contributed by atoms with Crippen LogP contribution in [0.4, 0.5) is 14.5 Å². The van der Waals surface area contributed by atoms with Crippen LogP contribution in [-0.4, -0.2) is 37.4 Å². The molecule has 0 radical (unpaired) electrons. The summed E-state index contributed by atoms with van der Waals surface area (Å²) in [6.07, 6.45) is 0. The highest BCUT2D eigenvalue weighted by Crippen LogP contribution is 2.25. The number of aromatic carboxylic acids is 1. The highest BCUT2D eigenvalue weighted by atomic mass is 19.2. The van der Waals surface area contributed by atoms with E-state index in [4.69, 9.17) is 9.84 Å². The number of anilines is 1. The molecular weight excluding hydrogens is 256 g/mol. The third-order valence-electron chi connectivity index (χ3n) is 2.76. The van der Waals surface area contributed by atoms with Gasteiger partial charge >= 0.3 is 5.97 Å². The third-order valence-corrected chi connectivity index (χ3v) is 2.76. The number of rotatable bonds is 6. The van der Waals surface area contributed by atoms with Gasteiger partial charge in [-0.2, -0.15) is 0 Å². The smallest absolute Gasteiger partial charge is 0.338 e. The molecular formula is C13H17F2NO3. The van der Waals surface area contributed by atoms with Crippen molar-refractivity contribution in [2.24, 2.45) is 0 Å². The van der Waals surface area contributed by atoms with Crippen LogP contribution in [0.2, 0.25) is 0 Å². The van der Waals surface area contributed by atoms with E-state index in [1.807, 2.05) is 13.8 Å². The second kappa shape index (κ2) is 6.47. The first-order chi connectivity index (χ1) is 8.90. The molecule has 0 bridgehead atoms. The van der Waals surface area contributed by atoms with Crippen molar-refractivity contribution in [3.05, 3.63) is 29.3 Å². The largest absolute Gasteiger partial charge is 0.478 e. The zero-order valence-corrected chi connectivity index (χ0v) is 11.1. The summed E-state index contributed by atoms with van der Waals surface area (Å²) in [5.41, 5.74) is -0.633. The number of halogens is 2. The van der Waals surface area contributed by atoms with Crippen LogP contribution >= 0.6 is 0 Å². The van der Waals surface area contributed by atoms with E-state index >= 15 is 0 Å².